The summed E-state index contributed by atoms with van der Waals surface area (Å²) in [6, 6.07) is 10.6. The first kappa shape index (κ1) is 17.0. The molecule has 0 unspecified atom stereocenters. The molecule has 1 atom stereocenters. The Balaban J connectivity index is 1.82. The molecule has 2 N–H and O–H groups in total. The molecule has 3 rings (SSSR count). The zero-order chi connectivity index (χ0) is 17.8. The van der Waals surface area contributed by atoms with E-state index in [1.807, 2.05) is 24.3 Å². The monoisotopic (exact) mass is 344 g/mol. The van der Waals surface area contributed by atoms with Crippen molar-refractivity contribution >= 4 is 28.5 Å². The minimum Gasteiger partial charge on any atom is -0.481 e. The van der Waals surface area contributed by atoms with Crippen LogP contribution in [0, 0.1) is 0 Å². The molecule has 2 amide bonds. The molecule has 25 heavy (non-hydrogen) atoms. The molecule has 1 fully saturated rings. The standard InChI is InChI=1S/C18H20N2O5/c1-24-17(22)11-25-16-7-6-15(13-4-2-3-5-14(13)16)19-18(23)20-9-8-12(21)10-20/h2-7,12,21H,8-11H2,1H3,(H,19,23)/t12-/m1/s1. The van der Waals surface area contributed by atoms with Gasteiger partial charge in [0.1, 0.15) is 5.75 Å². The number of hydrogen-bond donors (Lipinski definition) is 2. The second-order valence-corrected chi connectivity index (χ2v) is 5.84. The first-order valence-corrected chi connectivity index (χ1v) is 8.04. The minimum atomic E-state index is -0.464. The van der Waals surface area contributed by atoms with Crippen molar-refractivity contribution in [3.63, 3.8) is 0 Å². The van der Waals surface area contributed by atoms with Crippen LogP contribution in [0.3, 0.4) is 0 Å². The molecule has 2 aromatic rings. The first-order chi connectivity index (χ1) is 12.1. The molecule has 0 aromatic heterocycles. The molecule has 0 radical (unpaired) electrons. The van der Waals surface area contributed by atoms with Crippen molar-refractivity contribution in [3.8, 4) is 5.75 Å². The fraction of sp³-hybridized carbons (Fsp3) is 0.333. The Hall–Kier alpha value is -2.80. The van der Waals surface area contributed by atoms with Crippen molar-refractivity contribution < 1.29 is 24.2 Å². The number of fused-ring (bicyclic) bond motifs is 1. The highest BCUT2D eigenvalue weighted by Crippen LogP contribution is 2.32. The summed E-state index contributed by atoms with van der Waals surface area (Å²) in [5.74, 6) is 0.0737. The van der Waals surface area contributed by atoms with Crippen LogP contribution >= 0.6 is 0 Å². The van der Waals surface area contributed by atoms with Gasteiger partial charge in [0.2, 0.25) is 0 Å². The van der Waals surface area contributed by atoms with Crippen molar-refractivity contribution in [3.05, 3.63) is 36.4 Å². The van der Waals surface area contributed by atoms with Crippen LogP contribution in [0.2, 0.25) is 0 Å². The fourth-order valence-electron chi connectivity index (χ4n) is 2.82. The zero-order valence-electron chi connectivity index (χ0n) is 13.9. The van der Waals surface area contributed by atoms with Crippen LogP contribution in [0.1, 0.15) is 6.42 Å². The summed E-state index contributed by atoms with van der Waals surface area (Å²) in [7, 11) is 1.30. The maximum atomic E-state index is 12.4. The molecule has 7 heteroatoms. The number of ether oxygens (including phenoxy) is 2. The molecule has 1 heterocycles. The Morgan fingerprint density at radius 2 is 2.00 bits per heavy atom. The normalized spacial score (nSPS) is 16.7. The number of carbonyl (C=O) groups excluding carboxylic acids is 2. The van der Waals surface area contributed by atoms with E-state index < -0.39 is 12.1 Å². The van der Waals surface area contributed by atoms with Crippen LogP contribution in [0.15, 0.2) is 36.4 Å². The number of aliphatic hydroxyl groups excluding tert-OH is 1. The summed E-state index contributed by atoms with van der Waals surface area (Å²) in [5.41, 5.74) is 0.646. The van der Waals surface area contributed by atoms with Crippen LogP contribution in [-0.4, -0.2) is 54.9 Å². The number of aliphatic hydroxyl groups is 1. The fourth-order valence-corrected chi connectivity index (χ4v) is 2.82. The average Bonchev–Trinajstić information content (AvgIpc) is 3.07. The quantitative estimate of drug-likeness (QED) is 0.828. The smallest absolute Gasteiger partial charge is 0.343 e. The van der Waals surface area contributed by atoms with Gasteiger partial charge >= 0.3 is 12.0 Å². The first-order valence-electron chi connectivity index (χ1n) is 8.04. The third-order valence-electron chi connectivity index (χ3n) is 4.15. The van der Waals surface area contributed by atoms with Gasteiger partial charge in [0, 0.05) is 23.9 Å². The number of benzene rings is 2. The van der Waals surface area contributed by atoms with Crippen LogP contribution in [-0.2, 0) is 9.53 Å². The number of anilines is 1. The molecule has 1 saturated heterocycles. The molecule has 7 nitrogen and oxygen atoms in total. The number of urea groups is 1. The summed E-state index contributed by atoms with van der Waals surface area (Å²) in [4.78, 5) is 25.2. The molecule has 1 aliphatic heterocycles. The van der Waals surface area contributed by atoms with Gasteiger partial charge in [-0.05, 0) is 18.6 Å². The van der Waals surface area contributed by atoms with Crippen molar-refractivity contribution in [1.29, 1.82) is 0 Å². The third-order valence-corrected chi connectivity index (χ3v) is 4.15. The molecule has 0 spiro atoms. The van der Waals surface area contributed by atoms with Gasteiger partial charge in [0.25, 0.3) is 0 Å². The second-order valence-electron chi connectivity index (χ2n) is 5.84. The molecule has 1 aliphatic rings. The van der Waals surface area contributed by atoms with E-state index in [-0.39, 0.29) is 12.6 Å². The van der Waals surface area contributed by atoms with E-state index in [0.717, 1.165) is 10.8 Å². The lowest BCUT2D eigenvalue weighted by molar-refractivity contribution is -0.142. The van der Waals surface area contributed by atoms with Crippen LogP contribution in [0.4, 0.5) is 10.5 Å². The molecular formula is C18H20N2O5. The highest BCUT2D eigenvalue weighted by Gasteiger charge is 2.24. The second kappa shape index (κ2) is 7.40. The SMILES string of the molecule is COC(=O)COc1ccc(NC(=O)N2CC[C@@H](O)C2)c2ccccc12. The van der Waals surface area contributed by atoms with E-state index in [0.29, 0.717) is 30.9 Å². The Labute approximate surface area is 145 Å². The van der Waals surface area contributed by atoms with E-state index in [1.165, 1.54) is 7.11 Å². The number of β-amino-alcohol motifs (C(OH)–C–C–N with tert-alkyl or cyclic N) is 1. The van der Waals surface area contributed by atoms with Crippen molar-refractivity contribution in [2.45, 2.75) is 12.5 Å². The number of nitrogens with zero attached hydrogens (tertiary/aromatic N) is 1. The van der Waals surface area contributed by atoms with Gasteiger partial charge in [-0.1, -0.05) is 24.3 Å². The molecule has 2 aromatic carbocycles. The van der Waals surface area contributed by atoms with Crippen LogP contribution in [0.25, 0.3) is 10.8 Å². The van der Waals surface area contributed by atoms with E-state index in [1.54, 1.807) is 17.0 Å². The van der Waals surface area contributed by atoms with Gasteiger partial charge in [0.15, 0.2) is 6.61 Å². The Kier molecular flexibility index (Phi) is 5.04. The molecular weight excluding hydrogens is 324 g/mol. The lowest BCUT2D eigenvalue weighted by atomic mass is 10.1. The average molecular weight is 344 g/mol. The Morgan fingerprint density at radius 3 is 2.68 bits per heavy atom. The van der Waals surface area contributed by atoms with E-state index >= 15 is 0 Å². The van der Waals surface area contributed by atoms with Gasteiger partial charge in [-0.15, -0.1) is 0 Å². The minimum absolute atomic E-state index is 0.183. The van der Waals surface area contributed by atoms with E-state index in [2.05, 4.69) is 10.1 Å². The van der Waals surface area contributed by atoms with E-state index in [4.69, 9.17) is 4.74 Å². The Morgan fingerprint density at radius 1 is 1.24 bits per heavy atom. The van der Waals surface area contributed by atoms with E-state index in [9.17, 15) is 14.7 Å². The summed E-state index contributed by atoms with van der Waals surface area (Å²) in [6.45, 7) is 0.688. The molecule has 132 valence electrons. The van der Waals surface area contributed by atoms with Gasteiger partial charge in [-0.2, -0.15) is 0 Å². The highest BCUT2D eigenvalue weighted by atomic mass is 16.6. The van der Waals surface area contributed by atoms with Crippen molar-refractivity contribution in [1.82, 2.24) is 4.90 Å². The van der Waals surface area contributed by atoms with Crippen LogP contribution < -0.4 is 10.1 Å². The summed E-state index contributed by atoms with van der Waals surface area (Å²) in [6.07, 6.45) is 0.130. The molecule has 0 bridgehead atoms. The van der Waals surface area contributed by atoms with Gasteiger partial charge < -0.3 is 24.8 Å². The summed E-state index contributed by atoms with van der Waals surface area (Å²) in [5, 5.41) is 14.0. The number of amides is 2. The number of hydrogen-bond acceptors (Lipinski definition) is 5. The summed E-state index contributed by atoms with van der Waals surface area (Å²) >= 11 is 0. The Bertz CT molecular complexity index is 792. The van der Waals surface area contributed by atoms with Gasteiger partial charge in [-0.3, -0.25) is 0 Å². The number of methoxy groups -OCH3 is 1. The number of likely N-dealkylation sites (tertiary alicyclic amines) is 1. The summed E-state index contributed by atoms with van der Waals surface area (Å²) < 4.78 is 10.1. The number of nitrogens with one attached hydrogen (secondary N) is 1. The molecule has 0 aliphatic carbocycles. The third kappa shape index (κ3) is 3.83. The van der Waals surface area contributed by atoms with Crippen LogP contribution in [0.5, 0.6) is 5.75 Å². The largest absolute Gasteiger partial charge is 0.481 e. The van der Waals surface area contributed by atoms with Crippen molar-refractivity contribution in [2.75, 3.05) is 32.1 Å². The maximum Gasteiger partial charge on any atom is 0.343 e. The lowest BCUT2D eigenvalue weighted by Crippen LogP contribution is -2.33. The predicted octanol–water partition coefficient (Wildman–Crippen LogP) is 1.99. The van der Waals surface area contributed by atoms with Gasteiger partial charge in [0.05, 0.1) is 18.9 Å². The van der Waals surface area contributed by atoms with Crippen molar-refractivity contribution in [2.24, 2.45) is 0 Å². The highest BCUT2D eigenvalue weighted by molar-refractivity contribution is 6.04. The number of esters is 1. The topological polar surface area (TPSA) is 88.1 Å². The predicted molar refractivity (Wildman–Crippen MR) is 92.7 cm³/mol. The number of rotatable bonds is 4. The number of carbonyl (C=O) groups is 2. The lowest BCUT2D eigenvalue weighted by Gasteiger charge is -2.18. The zero-order valence-corrected chi connectivity index (χ0v) is 13.9. The van der Waals surface area contributed by atoms with Gasteiger partial charge in [-0.25, -0.2) is 9.59 Å². The molecule has 0 saturated carbocycles. The maximum absolute atomic E-state index is 12.4.